The molecule has 1 aliphatic heterocycles. The molecular formula is C24H29NO8. The highest BCUT2D eigenvalue weighted by molar-refractivity contribution is 5.94. The van der Waals surface area contributed by atoms with Crippen LogP contribution >= 0.6 is 0 Å². The number of amides is 1. The van der Waals surface area contributed by atoms with Crippen molar-refractivity contribution >= 4 is 17.8 Å². The Balaban J connectivity index is 2.40. The number of aliphatic hydroxyl groups excluding tert-OH is 2. The molecule has 33 heavy (non-hydrogen) atoms. The van der Waals surface area contributed by atoms with Crippen LogP contribution in [0.4, 0.5) is 0 Å². The topological polar surface area (TPSA) is 142 Å². The number of cyclic esters (lactones) is 2. The second-order valence-electron chi connectivity index (χ2n) is 7.57. The number of fused-ring (bicyclic) bond motifs is 1. The van der Waals surface area contributed by atoms with Gasteiger partial charge < -0.3 is 30.1 Å². The third-order valence-electron chi connectivity index (χ3n) is 4.89. The van der Waals surface area contributed by atoms with E-state index in [0.29, 0.717) is 11.1 Å². The summed E-state index contributed by atoms with van der Waals surface area (Å²) in [5.74, 6) is -2.12. The van der Waals surface area contributed by atoms with Crippen LogP contribution in [-0.4, -0.2) is 58.1 Å². The highest BCUT2D eigenvalue weighted by atomic mass is 16.6. The third-order valence-corrected chi connectivity index (χ3v) is 4.89. The molecule has 1 aromatic rings. The second-order valence-corrected chi connectivity index (χ2v) is 7.57. The zero-order valence-electron chi connectivity index (χ0n) is 18.6. The van der Waals surface area contributed by atoms with Gasteiger partial charge in [0.25, 0.3) is 0 Å². The molecule has 4 N–H and O–H groups in total. The first-order valence-corrected chi connectivity index (χ1v) is 10.5. The zero-order chi connectivity index (χ0) is 24.4. The van der Waals surface area contributed by atoms with Gasteiger partial charge in [-0.1, -0.05) is 30.4 Å². The number of phenolic OH excluding ortho intramolecular Hbond substituents is 1. The van der Waals surface area contributed by atoms with E-state index in [-0.39, 0.29) is 36.5 Å². The van der Waals surface area contributed by atoms with Gasteiger partial charge in [-0.05, 0) is 42.8 Å². The first kappa shape index (κ1) is 25.8. The van der Waals surface area contributed by atoms with Crippen LogP contribution in [0.2, 0.25) is 0 Å². The van der Waals surface area contributed by atoms with E-state index in [1.807, 2.05) is 0 Å². The molecule has 1 heterocycles. The van der Waals surface area contributed by atoms with E-state index in [2.05, 4.69) is 5.32 Å². The van der Waals surface area contributed by atoms with Gasteiger partial charge in [0.1, 0.15) is 23.5 Å². The summed E-state index contributed by atoms with van der Waals surface area (Å²) in [5, 5.41) is 32.6. The summed E-state index contributed by atoms with van der Waals surface area (Å²) in [6, 6.07) is 4.60. The Hall–Kier alpha value is -3.43. The highest BCUT2D eigenvalue weighted by Crippen LogP contribution is 2.25. The van der Waals surface area contributed by atoms with Crippen LogP contribution in [0.1, 0.15) is 42.6 Å². The van der Waals surface area contributed by atoms with E-state index in [0.717, 1.165) is 0 Å². The molecule has 0 aromatic heterocycles. The molecule has 1 aromatic carbocycles. The summed E-state index contributed by atoms with van der Waals surface area (Å²) in [5.41, 5.74) is 1.00. The summed E-state index contributed by atoms with van der Waals surface area (Å²) >= 11 is 0. The summed E-state index contributed by atoms with van der Waals surface area (Å²) in [6.45, 7) is 2.52. The molecule has 0 spiro atoms. The van der Waals surface area contributed by atoms with E-state index in [4.69, 9.17) is 9.47 Å². The minimum atomic E-state index is -0.998. The number of rotatable bonds is 4. The standard InChI is InChI=1S/C24H29NO8/c1-15-8-9-17-5-3-7-21(29)23(17)24(31)33-18(6-4-12-25-16(2)27)13-22(30)32-19(14-26)10-11-20(15)28/h3-5,7-8,10-12,18-20,26,28-29H,6,9,13-14H2,1-2H3,(H,25,27)/b11-10+,12-4+,15-8-. The number of esters is 2. The number of allylic oxidation sites excluding steroid dienone is 1. The maximum Gasteiger partial charge on any atom is 0.342 e. The van der Waals surface area contributed by atoms with Crippen molar-refractivity contribution in [2.75, 3.05) is 6.61 Å². The molecule has 0 saturated heterocycles. The van der Waals surface area contributed by atoms with Crippen LogP contribution in [0, 0.1) is 0 Å². The first-order valence-electron chi connectivity index (χ1n) is 10.5. The average Bonchev–Trinajstić information content (AvgIpc) is 2.76. The Morgan fingerprint density at radius 3 is 2.70 bits per heavy atom. The predicted molar refractivity (Wildman–Crippen MR) is 119 cm³/mol. The Morgan fingerprint density at radius 1 is 1.24 bits per heavy atom. The molecule has 9 nitrogen and oxygen atoms in total. The lowest BCUT2D eigenvalue weighted by molar-refractivity contribution is -0.150. The van der Waals surface area contributed by atoms with Crippen molar-refractivity contribution in [1.29, 1.82) is 0 Å². The Labute approximate surface area is 192 Å². The van der Waals surface area contributed by atoms with Gasteiger partial charge in [0.05, 0.1) is 19.1 Å². The number of hydrogen-bond donors (Lipinski definition) is 4. The quantitative estimate of drug-likeness (QED) is 0.393. The summed E-state index contributed by atoms with van der Waals surface area (Å²) in [4.78, 5) is 36.4. The number of carbonyl (C=O) groups excluding carboxylic acids is 3. The molecule has 3 atom stereocenters. The first-order chi connectivity index (χ1) is 15.7. The van der Waals surface area contributed by atoms with Crippen LogP contribution in [-0.2, 0) is 25.5 Å². The Kier molecular flexibility index (Phi) is 9.84. The van der Waals surface area contributed by atoms with E-state index >= 15 is 0 Å². The van der Waals surface area contributed by atoms with Crippen molar-refractivity contribution in [2.45, 2.75) is 51.4 Å². The molecule has 0 fully saturated rings. The van der Waals surface area contributed by atoms with Crippen molar-refractivity contribution < 1.29 is 39.2 Å². The number of carbonyl (C=O) groups is 3. The van der Waals surface area contributed by atoms with Gasteiger partial charge in [-0.2, -0.15) is 0 Å². The molecular weight excluding hydrogens is 430 g/mol. The number of aliphatic hydroxyl groups is 2. The van der Waals surface area contributed by atoms with Gasteiger partial charge in [0.2, 0.25) is 5.91 Å². The Morgan fingerprint density at radius 2 is 2.00 bits per heavy atom. The molecule has 9 heteroatoms. The van der Waals surface area contributed by atoms with Crippen LogP contribution in [0.15, 0.2) is 54.3 Å². The average molecular weight is 459 g/mol. The lowest BCUT2D eigenvalue weighted by atomic mass is 10.0. The fourth-order valence-corrected chi connectivity index (χ4v) is 3.08. The van der Waals surface area contributed by atoms with Crippen molar-refractivity contribution in [3.8, 4) is 5.75 Å². The monoisotopic (exact) mass is 459 g/mol. The van der Waals surface area contributed by atoms with E-state index < -0.39 is 36.9 Å². The minimum Gasteiger partial charge on any atom is -0.507 e. The van der Waals surface area contributed by atoms with Crippen LogP contribution in [0.25, 0.3) is 0 Å². The summed E-state index contributed by atoms with van der Waals surface area (Å²) in [7, 11) is 0. The van der Waals surface area contributed by atoms with Crippen molar-refractivity contribution in [3.63, 3.8) is 0 Å². The lowest BCUT2D eigenvalue weighted by Crippen LogP contribution is -2.27. The number of nitrogens with one attached hydrogen (secondary N) is 1. The number of phenols is 1. The number of aromatic hydroxyl groups is 1. The van der Waals surface area contributed by atoms with Gasteiger partial charge in [-0.15, -0.1) is 0 Å². The maximum absolute atomic E-state index is 12.9. The van der Waals surface area contributed by atoms with Crippen molar-refractivity contribution in [3.05, 3.63) is 65.4 Å². The van der Waals surface area contributed by atoms with Crippen molar-refractivity contribution in [2.24, 2.45) is 0 Å². The molecule has 0 aliphatic carbocycles. The van der Waals surface area contributed by atoms with E-state index in [9.17, 15) is 29.7 Å². The number of hydrogen-bond acceptors (Lipinski definition) is 8. The summed E-state index contributed by atoms with van der Waals surface area (Å²) in [6.07, 6.45) is 4.43. The van der Waals surface area contributed by atoms with E-state index in [1.165, 1.54) is 37.4 Å². The molecule has 1 aliphatic rings. The molecule has 1 amide bonds. The fourth-order valence-electron chi connectivity index (χ4n) is 3.08. The SMILES string of the molecule is CC(=O)N/C=C/CC1CC(=O)OC(CO)/C=C/C(O)/C(C)=C\Cc2cccc(O)c2C(=O)O1. The fraction of sp³-hybridized carbons (Fsp3) is 0.375. The number of ether oxygens (including phenoxy) is 2. The predicted octanol–water partition coefficient (Wildman–Crippen LogP) is 1.67. The molecule has 178 valence electrons. The van der Waals surface area contributed by atoms with E-state index in [1.54, 1.807) is 25.1 Å². The molecule has 0 bridgehead atoms. The summed E-state index contributed by atoms with van der Waals surface area (Å²) < 4.78 is 10.7. The second kappa shape index (κ2) is 12.6. The minimum absolute atomic E-state index is 0.0427. The normalized spacial score (nSPS) is 25.0. The van der Waals surface area contributed by atoms with Gasteiger partial charge in [0, 0.05) is 13.3 Å². The molecule has 0 saturated carbocycles. The van der Waals surface area contributed by atoms with Gasteiger partial charge >= 0.3 is 11.9 Å². The van der Waals surface area contributed by atoms with Crippen LogP contribution in [0.3, 0.4) is 0 Å². The highest BCUT2D eigenvalue weighted by Gasteiger charge is 2.25. The third kappa shape index (κ3) is 8.21. The van der Waals surface area contributed by atoms with Gasteiger partial charge in [0.15, 0.2) is 0 Å². The van der Waals surface area contributed by atoms with Crippen molar-refractivity contribution in [1.82, 2.24) is 5.32 Å². The largest absolute Gasteiger partial charge is 0.507 e. The molecule has 3 unspecified atom stereocenters. The van der Waals surface area contributed by atoms with Crippen LogP contribution in [0.5, 0.6) is 5.75 Å². The van der Waals surface area contributed by atoms with Gasteiger partial charge in [-0.3, -0.25) is 9.59 Å². The smallest absolute Gasteiger partial charge is 0.342 e. The molecule has 2 rings (SSSR count). The number of benzene rings is 1. The Bertz CT molecular complexity index is 950. The maximum atomic E-state index is 12.9. The zero-order valence-corrected chi connectivity index (χ0v) is 18.6. The van der Waals surface area contributed by atoms with Crippen LogP contribution < -0.4 is 5.32 Å². The lowest BCUT2D eigenvalue weighted by Gasteiger charge is -2.19. The van der Waals surface area contributed by atoms with Gasteiger partial charge in [-0.25, -0.2) is 4.79 Å². The molecule has 0 radical (unpaired) electrons.